The van der Waals surface area contributed by atoms with Gasteiger partial charge in [-0.05, 0) is 74.2 Å². The van der Waals surface area contributed by atoms with Crippen LogP contribution in [0.5, 0.6) is 0 Å². The number of amidine groups is 1. The monoisotopic (exact) mass is 472 g/mol. The van der Waals surface area contributed by atoms with Crippen LogP contribution in [0.1, 0.15) is 34.4 Å². The lowest BCUT2D eigenvalue weighted by molar-refractivity contribution is -0.128. The van der Waals surface area contributed by atoms with E-state index in [1.165, 1.54) is 11.8 Å². The molecule has 6 nitrogen and oxygen atoms in total. The van der Waals surface area contributed by atoms with Crippen molar-refractivity contribution in [1.29, 1.82) is 0 Å². The number of amides is 2. The van der Waals surface area contributed by atoms with Crippen molar-refractivity contribution in [2.75, 3.05) is 5.32 Å². The van der Waals surface area contributed by atoms with E-state index >= 15 is 0 Å². The van der Waals surface area contributed by atoms with Crippen LogP contribution >= 0.6 is 11.8 Å². The van der Waals surface area contributed by atoms with Crippen LogP contribution in [0.15, 0.2) is 65.8 Å². The largest absolute Gasteiger partial charge is 0.326 e. The van der Waals surface area contributed by atoms with Crippen LogP contribution in [0.3, 0.4) is 0 Å². The number of nitrogens with zero attached hydrogens (tertiary/aromatic N) is 3. The number of nitrogens with one attached hydrogen (secondary N) is 1. The highest BCUT2D eigenvalue weighted by atomic mass is 32.2. The minimum Gasteiger partial charge on any atom is -0.326 e. The molecule has 0 bridgehead atoms. The first-order valence-electron chi connectivity index (χ1n) is 11.2. The fraction of sp³-hybridized carbons (Fsp3) is 0.259. The quantitative estimate of drug-likeness (QED) is 0.516. The van der Waals surface area contributed by atoms with E-state index < -0.39 is 5.25 Å². The molecule has 0 saturated carbocycles. The van der Waals surface area contributed by atoms with Gasteiger partial charge in [0.15, 0.2) is 5.17 Å². The lowest BCUT2D eigenvalue weighted by Crippen LogP contribution is -2.33. The van der Waals surface area contributed by atoms with Crippen molar-refractivity contribution in [1.82, 2.24) is 9.88 Å². The van der Waals surface area contributed by atoms with E-state index in [0.29, 0.717) is 11.7 Å². The number of para-hydroxylation sites is 1. The van der Waals surface area contributed by atoms with Gasteiger partial charge in [0.05, 0.1) is 17.9 Å². The zero-order valence-electron chi connectivity index (χ0n) is 19.8. The van der Waals surface area contributed by atoms with E-state index in [-0.39, 0.29) is 18.2 Å². The summed E-state index contributed by atoms with van der Waals surface area (Å²) < 4.78 is 0. The van der Waals surface area contributed by atoms with Crippen molar-refractivity contribution >= 4 is 40.1 Å². The van der Waals surface area contributed by atoms with Crippen LogP contribution in [0, 0.1) is 27.7 Å². The Kier molecular flexibility index (Phi) is 7.12. The number of benzene rings is 2. The van der Waals surface area contributed by atoms with Crippen LogP contribution in [0.25, 0.3) is 0 Å². The summed E-state index contributed by atoms with van der Waals surface area (Å²) in [5.41, 5.74) is 6.56. The van der Waals surface area contributed by atoms with E-state index in [1.54, 1.807) is 11.1 Å². The molecule has 2 amide bonds. The molecule has 2 aromatic carbocycles. The fourth-order valence-electron chi connectivity index (χ4n) is 4.02. The molecule has 1 aliphatic rings. The number of hydrogen-bond donors (Lipinski definition) is 1. The van der Waals surface area contributed by atoms with Crippen molar-refractivity contribution < 1.29 is 9.59 Å². The number of thioether (sulfide) groups is 1. The van der Waals surface area contributed by atoms with Crippen LogP contribution in [-0.4, -0.2) is 32.1 Å². The van der Waals surface area contributed by atoms with Crippen molar-refractivity contribution in [3.8, 4) is 0 Å². The van der Waals surface area contributed by atoms with Crippen molar-refractivity contribution in [2.45, 2.75) is 45.9 Å². The Hall–Kier alpha value is -3.45. The van der Waals surface area contributed by atoms with Gasteiger partial charge in [0.25, 0.3) is 0 Å². The van der Waals surface area contributed by atoms with Gasteiger partial charge < -0.3 is 5.32 Å². The predicted molar refractivity (Wildman–Crippen MR) is 138 cm³/mol. The normalized spacial score (nSPS) is 16.8. The Balaban J connectivity index is 1.58. The van der Waals surface area contributed by atoms with Crippen molar-refractivity contribution in [3.05, 3.63) is 88.7 Å². The van der Waals surface area contributed by atoms with Crippen LogP contribution in [0.2, 0.25) is 0 Å². The molecule has 2 heterocycles. The average molecular weight is 473 g/mol. The second kappa shape index (κ2) is 10.2. The maximum absolute atomic E-state index is 13.4. The van der Waals surface area contributed by atoms with Crippen LogP contribution in [0.4, 0.5) is 11.4 Å². The summed E-state index contributed by atoms with van der Waals surface area (Å²) >= 11 is 1.34. The van der Waals surface area contributed by atoms with E-state index in [0.717, 1.165) is 39.3 Å². The third-order valence-corrected chi connectivity index (χ3v) is 6.79. The molecule has 4 rings (SSSR count). The maximum Gasteiger partial charge on any atom is 0.243 e. The first-order valence-corrected chi connectivity index (χ1v) is 12.1. The van der Waals surface area contributed by atoms with Gasteiger partial charge in [-0.25, -0.2) is 4.99 Å². The highest BCUT2D eigenvalue weighted by molar-refractivity contribution is 8.15. The minimum atomic E-state index is -0.544. The molecule has 0 spiro atoms. The summed E-state index contributed by atoms with van der Waals surface area (Å²) in [6, 6.07) is 17.6. The summed E-state index contributed by atoms with van der Waals surface area (Å²) in [5.74, 6) is -0.316. The molecule has 1 fully saturated rings. The van der Waals surface area contributed by atoms with Gasteiger partial charge in [-0.3, -0.25) is 19.5 Å². The number of aliphatic imine (C=N–C) groups is 1. The summed E-state index contributed by atoms with van der Waals surface area (Å²) in [6.45, 7) is 8.28. The number of anilines is 1. The van der Waals surface area contributed by atoms with E-state index in [1.807, 2.05) is 76.2 Å². The smallest absolute Gasteiger partial charge is 0.243 e. The van der Waals surface area contributed by atoms with Gasteiger partial charge >= 0.3 is 0 Å². The number of carbonyl (C=O) groups excluding carboxylic acids is 2. The number of rotatable bonds is 6. The molecule has 7 heteroatoms. The summed E-state index contributed by atoms with van der Waals surface area (Å²) in [5, 5.41) is 3.04. The first kappa shape index (κ1) is 23.7. The molecule has 1 aliphatic heterocycles. The first-order chi connectivity index (χ1) is 16.3. The van der Waals surface area contributed by atoms with Crippen LogP contribution < -0.4 is 5.32 Å². The Morgan fingerprint density at radius 1 is 1.03 bits per heavy atom. The number of carbonyl (C=O) groups is 2. The zero-order valence-corrected chi connectivity index (χ0v) is 20.6. The van der Waals surface area contributed by atoms with Crippen LogP contribution in [-0.2, 0) is 16.1 Å². The predicted octanol–water partition coefficient (Wildman–Crippen LogP) is 5.48. The zero-order chi connectivity index (χ0) is 24.2. The Labute approximate surface area is 204 Å². The number of hydrogen-bond acceptors (Lipinski definition) is 5. The van der Waals surface area contributed by atoms with Crippen molar-refractivity contribution in [3.63, 3.8) is 0 Å². The Morgan fingerprint density at radius 2 is 1.74 bits per heavy atom. The highest BCUT2D eigenvalue weighted by Gasteiger charge is 2.39. The molecule has 3 aromatic rings. The Morgan fingerprint density at radius 3 is 2.38 bits per heavy atom. The third kappa shape index (κ3) is 5.54. The molecule has 34 heavy (non-hydrogen) atoms. The molecular formula is C27H28N4O2S. The van der Waals surface area contributed by atoms with Gasteiger partial charge in [0.1, 0.15) is 5.25 Å². The second-order valence-electron chi connectivity index (χ2n) is 8.61. The van der Waals surface area contributed by atoms with E-state index in [9.17, 15) is 9.59 Å². The molecule has 1 atom stereocenters. The highest BCUT2D eigenvalue weighted by Crippen LogP contribution is 2.33. The molecule has 0 aliphatic carbocycles. The van der Waals surface area contributed by atoms with Gasteiger partial charge in [-0.15, -0.1) is 0 Å². The molecule has 174 valence electrons. The number of pyridine rings is 1. The summed E-state index contributed by atoms with van der Waals surface area (Å²) in [4.78, 5) is 37.1. The van der Waals surface area contributed by atoms with Gasteiger partial charge in [0, 0.05) is 18.3 Å². The molecule has 0 radical (unpaired) electrons. The average Bonchev–Trinajstić information content (AvgIpc) is 3.05. The third-order valence-electron chi connectivity index (χ3n) is 5.61. The lowest BCUT2D eigenvalue weighted by Gasteiger charge is -2.16. The number of aromatic nitrogens is 1. The minimum absolute atomic E-state index is 0.0713. The Bertz CT molecular complexity index is 1220. The molecule has 1 saturated heterocycles. The standard InChI is InChI=1S/C27H28N4O2S/c1-17-12-18(2)14-22(13-17)29-27-31(16-21-10-5-6-11-28-21)26(33)23(34-27)15-24(32)30-25-19(3)8-7-9-20(25)4/h5-14,23H,15-16H2,1-4H3,(H,30,32). The SMILES string of the molecule is Cc1cc(C)cc(N=C2SC(CC(=O)Nc3c(C)cccc3C)C(=O)N2Cc2ccccn2)c1. The van der Waals surface area contributed by atoms with E-state index in [4.69, 9.17) is 4.99 Å². The summed E-state index contributed by atoms with van der Waals surface area (Å²) in [6.07, 6.45) is 1.78. The van der Waals surface area contributed by atoms with E-state index in [2.05, 4.69) is 16.4 Å². The second-order valence-corrected chi connectivity index (χ2v) is 9.78. The van der Waals surface area contributed by atoms with Crippen molar-refractivity contribution in [2.24, 2.45) is 4.99 Å². The maximum atomic E-state index is 13.4. The molecular weight excluding hydrogens is 444 g/mol. The lowest BCUT2D eigenvalue weighted by atomic mass is 10.1. The van der Waals surface area contributed by atoms with Gasteiger partial charge in [-0.2, -0.15) is 0 Å². The number of aryl methyl sites for hydroxylation is 4. The summed E-state index contributed by atoms with van der Waals surface area (Å²) in [7, 11) is 0. The van der Waals surface area contributed by atoms with Gasteiger partial charge in [-0.1, -0.05) is 42.1 Å². The topological polar surface area (TPSA) is 74.7 Å². The molecule has 1 N–H and O–H groups in total. The molecule has 1 unspecified atom stereocenters. The fourth-order valence-corrected chi connectivity index (χ4v) is 5.18. The molecule has 1 aromatic heterocycles. The van der Waals surface area contributed by atoms with Gasteiger partial charge in [0.2, 0.25) is 11.8 Å².